The summed E-state index contributed by atoms with van der Waals surface area (Å²) in [5, 5.41) is 0.816. The van der Waals surface area contributed by atoms with Crippen LogP contribution in [0.3, 0.4) is 0 Å². The third kappa shape index (κ3) is 5.85. The van der Waals surface area contributed by atoms with Crippen LogP contribution in [-0.2, 0) is 35.1 Å². The Morgan fingerprint density at radius 3 is 2.38 bits per heavy atom. The molecule has 0 aliphatic rings. The highest BCUT2D eigenvalue weighted by Gasteiger charge is 2.31. The second-order valence-electron chi connectivity index (χ2n) is 8.49. The molecule has 0 aliphatic carbocycles. The van der Waals surface area contributed by atoms with Crippen molar-refractivity contribution in [1.82, 2.24) is 0 Å². The maximum Gasteiger partial charge on any atom is 0.416 e. The van der Waals surface area contributed by atoms with Gasteiger partial charge < -0.3 is 10.5 Å². The molecular formula is C26H28F3NO3S. The summed E-state index contributed by atoms with van der Waals surface area (Å²) in [5.41, 5.74) is 8.43. The molecule has 3 rings (SSSR count). The van der Waals surface area contributed by atoms with Gasteiger partial charge in [0.2, 0.25) is 0 Å². The Balaban J connectivity index is 1.80. The van der Waals surface area contributed by atoms with Gasteiger partial charge in [0.05, 0.1) is 12.7 Å². The van der Waals surface area contributed by atoms with E-state index in [2.05, 4.69) is 4.74 Å². The number of ketones is 1. The summed E-state index contributed by atoms with van der Waals surface area (Å²) in [5.74, 6) is -0.249. The van der Waals surface area contributed by atoms with Crippen LogP contribution in [0.1, 0.15) is 70.1 Å². The summed E-state index contributed by atoms with van der Waals surface area (Å²) >= 11 is 1.33. The maximum atomic E-state index is 13.1. The second-order valence-corrected chi connectivity index (χ2v) is 9.63. The molecule has 2 N–H and O–H groups in total. The van der Waals surface area contributed by atoms with Crippen molar-refractivity contribution >= 4 is 33.2 Å². The average molecular weight is 492 g/mol. The van der Waals surface area contributed by atoms with Crippen LogP contribution in [-0.4, -0.2) is 18.9 Å². The van der Waals surface area contributed by atoms with E-state index in [1.54, 1.807) is 12.1 Å². The van der Waals surface area contributed by atoms with E-state index in [1.165, 1.54) is 30.6 Å². The zero-order valence-corrected chi connectivity index (χ0v) is 20.2. The van der Waals surface area contributed by atoms with Crippen LogP contribution in [0.5, 0.6) is 0 Å². The van der Waals surface area contributed by atoms with Crippen molar-refractivity contribution in [2.45, 2.75) is 58.2 Å². The number of halogens is 3. The third-order valence-electron chi connectivity index (χ3n) is 5.86. The van der Waals surface area contributed by atoms with Crippen LogP contribution < -0.4 is 5.73 Å². The minimum absolute atomic E-state index is 0.0580. The lowest BCUT2D eigenvalue weighted by molar-refractivity contribution is -0.140. The van der Waals surface area contributed by atoms with Crippen molar-refractivity contribution in [3.05, 3.63) is 69.1 Å². The molecule has 3 aromatic rings. The predicted molar refractivity (Wildman–Crippen MR) is 128 cm³/mol. The zero-order valence-electron chi connectivity index (χ0n) is 19.4. The highest BCUT2D eigenvalue weighted by molar-refractivity contribution is 7.19. The minimum atomic E-state index is -4.39. The first-order valence-corrected chi connectivity index (χ1v) is 11.9. The number of ether oxygens (including phenoxy) is 1. The molecule has 4 nitrogen and oxygen atoms in total. The molecule has 182 valence electrons. The number of rotatable bonds is 9. The smallest absolute Gasteiger partial charge is 0.416 e. The molecule has 0 saturated carbocycles. The van der Waals surface area contributed by atoms with Gasteiger partial charge in [0.15, 0.2) is 5.78 Å². The van der Waals surface area contributed by atoms with Crippen molar-refractivity contribution in [1.29, 1.82) is 0 Å². The molecule has 8 heteroatoms. The number of aryl methyl sites for hydroxylation is 2. The highest BCUT2D eigenvalue weighted by atomic mass is 32.1. The number of carbonyl (C=O) groups is 2. The minimum Gasteiger partial charge on any atom is -0.469 e. The van der Waals surface area contributed by atoms with E-state index in [9.17, 15) is 22.8 Å². The zero-order chi connectivity index (χ0) is 25.0. The van der Waals surface area contributed by atoms with Crippen LogP contribution in [0.4, 0.5) is 13.2 Å². The first-order valence-electron chi connectivity index (χ1n) is 11.1. The number of methoxy groups -OCH3 is 1. The lowest BCUT2D eigenvalue weighted by Gasteiger charge is -2.11. The van der Waals surface area contributed by atoms with Crippen LogP contribution >= 0.6 is 11.3 Å². The van der Waals surface area contributed by atoms with Gasteiger partial charge in [-0.3, -0.25) is 9.59 Å². The molecule has 0 radical (unpaired) electrons. The van der Waals surface area contributed by atoms with Gasteiger partial charge in [0.25, 0.3) is 0 Å². The lowest BCUT2D eigenvalue weighted by atomic mass is 9.94. The molecule has 1 heterocycles. The third-order valence-corrected chi connectivity index (χ3v) is 7.09. The van der Waals surface area contributed by atoms with Crippen molar-refractivity contribution < 1.29 is 27.5 Å². The maximum absolute atomic E-state index is 13.1. The van der Waals surface area contributed by atoms with E-state index in [1.807, 2.05) is 19.9 Å². The molecule has 0 atom stereocenters. The molecule has 0 aliphatic heterocycles. The first-order chi connectivity index (χ1) is 16.0. The molecule has 0 fully saturated rings. The van der Waals surface area contributed by atoms with Crippen LogP contribution in [0, 0.1) is 0 Å². The molecule has 0 bridgehead atoms. The molecule has 1 aromatic heterocycles. The lowest BCUT2D eigenvalue weighted by Crippen LogP contribution is -2.09. The number of hydrogen-bond donors (Lipinski definition) is 1. The Morgan fingerprint density at radius 1 is 1.03 bits per heavy atom. The topological polar surface area (TPSA) is 69.4 Å². The SMILES string of the molecule is COC(=O)CCc1ccc(C(=O)CCc2sc3cc(C(F)(F)F)ccc3c2C(C)C)cc1CN. The number of carbonyl (C=O) groups excluding carboxylic acids is 2. The normalized spacial score (nSPS) is 11.9. The summed E-state index contributed by atoms with van der Waals surface area (Å²) in [6.07, 6.45) is -2.99. The molecule has 2 aromatic carbocycles. The number of hydrogen-bond acceptors (Lipinski definition) is 5. The van der Waals surface area contributed by atoms with E-state index in [4.69, 9.17) is 5.73 Å². The quantitative estimate of drug-likeness (QED) is 0.277. The van der Waals surface area contributed by atoms with Gasteiger partial charge >= 0.3 is 12.1 Å². The van der Waals surface area contributed by atoms with Crippen LogP contribution in [0.25, 0.3) is 10.1 Å². The van der Waals surface area contributed by atoms with Gasteiger partial charge in [0, 0.05) is 34.5 Å². The number of esters is 1. The standard InChI is InChI=1S/C26H28F3NO3S/c1-15(2)25-20-8-7-19(26(27,28)29)13-23(20)34-22(25)10-9-21(31)17-5-4-16(18(12-17)14-30)6-11-24(32)33-3/h4-5,7-8,12-13,15H,6,9-11,14,30H2,1-3H3. The summed E-state index contributed by atoms with van der Waals surface area (Å²) in [6, 6.07) is 9.16. The molecular weight excluding hydrogens is 463 g/mol. The fourth-order valence-corrected chi connectivity index (χ4v) is 5.50. The van der Waals surface area contributed by atoms with Crippen molar-refractivity contribution in [3.8, 4) is 0 Å². The summed E-state index contributed by atoms with van der Waals surface area (Å²) in [6.45, 7) is 4.25. The van der Waals surface area contributed by atoms with Gasteiger partial charge in [-0.1, -0.05) is 32.0 Å². The summed E-state index contributed by atoms with van der Waals surface area (Å²) in [7, 11) is 1.34. The summed E-state index contributed by atoms with van der Waals surface area (Å²) < 4.78 is 44.7. The average Bonchev–Trinajstić information content (AvgIpc) is 3.18. The number of thiophene rings is 1. The van der Waals surface area contributed by atoms with E-state index < -0.39 is 11.7 Å². The monoisotopic (exact) mass is 491 g/mol. The fourth-order valence-electron chi connectivity index (χ4n) is 4.11. The molecule has 34 heavy (non-hydrogen) atoms. The summed E-state index contributed by atoms with van der Waals surface area (Å²) in [4.78, 5) is 25.3. The van der Waals surface area contributed by atoms with Crippen LogP contribution in [0.15, 0.2) is 36.4 Å². The predicted octanol–water partition coefficient (Wildman–Crippen LogP) is 6.42. The van der Waals surface area contributed by atoms with Crippen LogP contribution in [0.2, 0.25) is 0 Å². The second kappa shape index (κ2) is 10.7. The Labute approximate surface area is 200 Å². The van der Waals surface area contributed by atoms with Crippen molar-refractivity contribution in [3.63, 3.8) is 0 Å². The Morgan fingerprint density at radius 2 is 1.76 bits per heavy atom. The first kappa shape index (κ1) is 25.9. The van der Waals surface area contributed by atoms with Gasteiger partial charge in [0.1, 0.15) is 0 Å². The Hall–Kier alpha value is -2.71. The molecule has 0 spiro atoms. The van der Waals surface area contributed by atoms with E-state index in [-0.39, 0.29) is 37.1 Å². The Kier molecular flexibility index (Phi) is 8.15. The number of alkyl halides is 3. The van der Waals surface area contributed by atoms with Gasteiger partial charge in [-0.05, 0) is 59.0 Å². The van der Waals surface area contributed by atoms with E-state index in [0.717, 1.165) is 33.0 Å². The molecule has 0 amide bonds. The largest absolute Gasteiger partial charge is 0.469 e. The number of nitrogens with two attached hydrogens (primary N) is 1. The number of benzene rings is 2. The molecule has 0 unspecified atom stereocenters. The Bertz CT molecular complexity index is 1200. The van der Waals surface area contributed by atoms with Crippen molar-refractivity contribution in [2.75, 3.05) is 7.11 Å². The van der Waals surface area contributed by atoms with Gasteiger partial charge in [-0.2, -0.15) is 13.2 Å². The van der Waals surface area contributed by atoms with E-state index in [0.29, 0.717) is 23.1 Å². The van der Waals surface area contributed by atoms with E-state index >= 15 is 0 Å². The number of Topliss-reactive ketones (excluding diaryl/α,β-unsaturated/α-hetero) is 1. The fraction of sp³-hybridized carbons (Fsp3) is 0.385. The van der Waals surface area contributed by atoms with Gasteiger partial charge in [-0.15, -0.1) is 11.3 Å². The molecule has 0 saturated heterocycles. The van der Waals surface area contributed by atoms with Crippen molar-refractivity contribution in [2.24, 2.45) is 5.73 Å². The highest BCUT2D eigenvalue weighted by Crippen LogP contribution is 2.40. The number of fused-ring (bicyclic) bond motifs is 1. The van der Waals surface area contributed by atoms with Gasteiger partial charge in [-0.25, -0.2) is 0 Å².